The summed E-state index contributed by atoms with van der Waals surface area (Å²) in [5.74, 6) is 6.70. The van der Waals surface area contributed by atoms with Crippen molar-refractivity contribution in [3.8, 4) is 28.7 Å². The molecule has 0 radical (unpaired) electrons. The number of nitrogens with zero attached hydrogens (tertiary/aromatic N) is 1. The maximum absolute atomic E-state index is 7.79. The van der Waals surface area contributed by atoms with E-state index < -0.39 is 0 Å². The van der Waals surface area contributed by atoms with Crippen LogP contribution in [0.4, 0.5) is 0 Å². The number of nitriles is 1. The largest absolute Gasteiger partial charge is 0.183 e. The summed E-state index contributed by atoms with van der Waals surface area (Å²) in [5, 5.41) is 7.79. The lowest BCUT2D eigenvalue weighted by Gasteiger charge is -1.45. The molecule has 0 amide bonds. The first-order valence-electron chi connectivity index (χ1n) is 1.41. The molecule has 0 heterocycles. The second-order valence-corrected chi connectivity index (χ2v) is 0.978. The van der Waals surface area contributed by atoms with Crippen LogP contribution in [-0.2, 0) is 0 Å². The van der Waals surface area contributed by atoms with Gasteiger partial charge in [0.2, 0.25) is 0 Å². The first kappa shape index (κ1) is 6.09. The van der Waals surface area contributed by atoms with Crippen LogP contribution >= 0.6 is 15.9 Å². The smallest absolute Gasteiger partial charge is 0.153 e. The zero-order valence-corrected chi connectivity index (χ0v) is 4.91. The Kier molecular flexibility index (Phi) is 4.43. The molecule has 2 heteroatoms. The van der Waals surface area contributed by atoms with Crippen LogP contribution in [0.15, 0.2) is 0 Å². The first-order chi connectivity index (χ1) is 3.41. The van der Waals surface area contributed by atoms with Crippen LogP contribution in [0.25, 0.3) is 0 Å². The van der Waals surface area contributed by atoms with Crippen molar-refractivity contribution in [1.82, 2.24) is 0 Å². The highest BCUT2D eigenvalue weighted by Crippen LogP contribution is 1.64. The Morgan fingerprint density at radius 2 is 1.86 bits per heavy atom. The summed E-state index contributed by atoms with van der Waals surface area (Å²) in [4.78, 5) is 2.34. The van der Waals surface area contributed by atoms with Crippen molar-refractivity contribution < 1.29 is 0 Å². The molecule has 0 saturated carbocycles. The van der Waals surface area contributed by atoms with Crippen molar-refractivity contribution in [1.29, 1.82) is 5.26 Å². The van der Waals surface area contributed by atoms with Crippen LogP contribution < -0.4 is 0 Å². The van der Waals surface area contributed by atoms with E-state index >= 15 is 0 Å². The second kappa shape index (κ2) is 5.09. The van der Waals surface area contributed by atoms with Gasteiger partial charge in [0.1, 0.15) is 0 Å². The zero-order valence-electron chi connectivity index (χ0n) is 3.33. The molecule has 32 valence electrons. The summed E-state index contributed by atoms with van der Waals surface area (Å²) < 4.78 is 0. The fraction of sp³-hybridized carbons (Fsp3) is 0. The van der Waals surface area contributed by atoms with E-state index in [0.29, 0.717) is 0 Å². The Morgan fingerprint density at radius 3 is 2.29 bits per heavy atom. The molecule has 0 bridgehead atoms. The van der Waals surface area contributed by atoms with E-state index in [9.17, 15) is 0 Å². The summed E-state index contributed by atoms with van der Waals surface area (Å²) in [6.45, 7) is 0. The highest BCUT2D eigenvalue weighted by atomic mass is 79.9. The SMILES string of the molecule is N#CC#CC#CBr. The van der Waals surface area contributed by atoms with Gasteiger partial charge in [-0.15, -0.1) is 0 Å². The zero-order chi connectivity index (χ0) is 5.54. The van der Waals surface area contributed by atoms with E-state index in [-0.39, 0.29) is 0 Å². The predicted octanol–water partition coefficient (Wildman–Crippen LogP) is 0.869. The fourth-order valence-corrected chi connectivity index (χ4v) is 0.182. The summed E-state index contributed by atoms with van der Waals surface area (Å²) in [6.07, 6.45) is 0. The summed E-state index contributed by atoms with van der Waals surface area (Å²) in [6, 6.07) is 1.62. The molecule has 0 aliphatic heterocycles. The van der Waals surface area contributed by atoms with Crippen LogP contribution in [0, 0.1) is 33.9 Å². The minimum atomic E-state index is 1.62. The van der Waals surface area contributed by atoms with E-state index in [1.54, 1.807) is 6.07 Å². The minimum Gasteiger partial charge on any atom is -0.183 e. The molecule has 0 spiro atoms. The molecular formula is C5BrN. The average molecular weight is 154 g/mol. The van der Waals surface area contributed by atoms with Crippen molar-refractivity contribution in [2.45, 2.75) is 0 Å². The molecule has 0 aliphatic rings. The Morgan fingerprint density at radius 1 is 1.14 bits per heavy atom. The van der Waals surface area contributed by atoms with Crippen molar-refractivity contribution in [3.63, 3.8) is 0 Å². The molecule has 0 atom stereocenters. The monoisotopic (exact) mass is 153 g/mol. The lowest BCUT2D eigenvalue weighted by atomic mass is 10.6. The minimum absolute atomic E-state index is 1.62. The Hall–Kier alpha value is -0.910. The third-order valence-corrected chi connectivity index (χ3v) is 0.426. The molecule has 7 heavy (non-hydrogen) atoms. The molecule has 0 aliphatic carbocycles. The fourth-order valence-electron chi connectivity index (χ4n) is 0.0828. The lowest BCUT2D eigenvalue weighted by molar-refractivity contribution is 1.55. The van der Waals surface area contributed by atoms with Gasteiger partial charge in [-0.05, 0) is 10.8 Å². The van der Waals surface area contributed by atoms with E-state index in [0.717, 1.165) is 0 Å². The van der Waals surface area contributed by atoms with Crippen LogP contribution in [-0.4, -0.2) is 0 Å². The lowest BCUT2D eigenvalue weighted by Crippen LogP contribution is -1.44. The number of hydrogen-bond acceptors (Lipinski definition) is 1. The molecular weight excluding hydrogens is 154 g/mol. The molecule has 0 unspecified atom stereocenters. The third-order valence-electron chi connectivity index (χ3n) is 0.228. The van der Waals surface area contributed by atoms with Crippen LogP contribution in [0.2, 0.25) is 0 Å². The highest BCUT2D eigenvalue weighted by molar-refractivity contribution is 9.12. The van der Waals surface area contributed by atoms with Gasteiger partial charge in [0.25, 0.3) is 0 Å². The standard InChI is InChI=1S/C5BrN/c6-4-2-1-3-5-7. The average Bonchev–Trinajstić information content (AvgIpc) is 1.69. The van der Waals surface area contributed by atoms with E-state index in [1.807, 2.05) is 0 Å². The molecule has 0 aromatic rings. The number of halogens is 1. The van der Waals surface area contributed by atoms with Crippen molar-refractivity contribution >= 4 is 15.9 Å². The maximum atomic E-state index is 7.79. The Bertz CT molecular complexity index is 190. The van der Waals surface area contributed by atoms with Crippen molar-refractivity contribution in [2.24, 2.45) is 0 Å². The molecule has 0 aromatic carbocycles. The van der Waals surface area contributed by atoms with Crippen molar-refractivity contribution in [3.05, 3.63) is 0 Å². The summed E-state index contributed by atoms with van der Waals surface area (Å²) >= 11 is 2.81. The second-order valence-electron chi connectivity index (χ2n) is 0.581. The van der Waals surface area contributed by atoms with Crippen LogP contribution in [0.3, 0.4) is 0 Å². The highest BCUT2D eigenvalue weighted by Gasteiger charge is 1.49. The van der Waals surface area contributed by atoms with Gasteiger partial charge < -0.3 is 0 Å². The third kappa shape index (κ3) is 5.09. The van der Waals surface area contributed by atoms with Gasteiger partial charge in [-0.25, -0.2) is 0 Å². The molecule has 0 N–H and O–H groups in total. The molecule has 1 nitrogen and oxygen atoms in total. The van der Waals surface area contributed by atoms with Gasteiger partial charge in [0.15, 0.2) is 6.07 Å². The molecule has 0 rings (SSSR count). The Labute approximate surface area is 50.5 Å². The van der Waals surface area contributed by atoms with Gasteiger partial charge in [-0.1, -0.05) is 0 Å². The van der Waals surface area contributed by atoms with Crippen LogP contribution in [0.1, 0.15) is 0 Å². The van der Waals surface area contributed by atoms with E-state index in [4.69, 9.17) is 5.26 Å². The Balaban J connectivity index is 3.68. The quantitative estimate of drug-likeness (QED) is 0.475. The number of hydrogen-bond donors (Lipinski definition) is 0. The van der Waals surface area contributed by atoms with Crippen LogP contribution in [0.5, 0.6) is 0 Å². The topological polar surface area (TPSA) is 23.8 Å². The maximum Gasteiger partial charge on any atom is 0.153 e. The van der Waals surface area contributed by atoms with Crippen molar-refractivity contribution in [2.75, 3.05) is 0 Å². The van der Waals surface area contributed by atoms with E-state index in [2.05, 4.69) is 38.5 Å². The molecule has 0 fully saturated rings. The van der Waals surface area contributed by atoms with Gasteiger partial charge in [-0.2, -0.15) is 5.26 Å². The summed E-state index contributed by atoms with van der Waals surface area (Å²) in [5.41, 5.74) is 0. The van der Waals surface area contributed by atoms with Gasteiger partial charge >= 0.3 is 0 Å². The molecule has 0 saturated heterocycles. The number of rotatable bonds is 0. The summed E-state index contributed by atoms with van der Waals surface area (Å²) in [7, 11) is 0. The molecule has 0 aromatic heterocycles. The normalized spacial score (nSPS) is 3.43. The predicted molar refractivity (Wildman–Crippen MR) is 30.1 cm³/mol. The van der Waals surface area contributed by atoms with Gasteiger partial charge in [-0.3, -0.25) is 0 Å². The van der Waals surface area contributed by atoms with Gasteiger partial charge in [0, 0.05) is 27.8 Å². The van der Waals surface area contributed by atoms with E-state index in [1.165, 1.54) is 0 Å². The van der Waals surface area contributed by atoms with Gasteiger partial charge in [0.05, 0.1) is 0 Å². The first-order valence-corrected chi connectivity index (χ1v) is 2.21.